The number of rotatable bonds is 7. The van der Waals surface area contributed by atoms with Crippen molar-refractivity contribution in [3.63, 3.8) is 0 Å². The van der Waals surface area contributed by atoms with E-state index in [2.05, 4.69) is 4.72 Å². The first-order valence-corrected chi connectivity index (χ1v) is 7.78. The second-order valence-electron chi connectivity index (χ2n) is 4.98. The molecule has 5 nitrogen and oxygen atoms in total. The summed E-state index contributed by atoms with van der Waals surface area (Å²) in [5.74, 6) is 0.277. The standard InChI is InChI=1S/C13H23N3O2S/c1-11(2)9-15-19(17,18)16(3)10-13-7-5-4-6-12(13)8-14/h4-7,11,15H,8-10,14H2,1-3H3. The molecular weight excluding hydrogens is 262 g/mol. The van der Waals surface area contributed by atoms with Crippen molar-refractivity contribution < 1.29 is 8.42 Å². The second kappa shape index (κ2) is 7.00. The quantitative estimate of drug-likeness (QED) is 0.787. The third-order valence-electron chi connectivity index (χ3n) is 2.82. The summed E-state index contributed by atoms with van der Waals surface area (Å²) < 4.78 is 27.9. The highest BCUT2D eigenvalue weighted by atomic mass is 32.2. The summed E-state index contributed by atoms with van der Waals surface area (Å²) in [4.78, 5) is 0. The van der Waals surface area contributed by atoms with Crippen LogP contribution < -0.4 is 10.5 Å². The molecule has 1 rings (SSSR count). The molecule has 0 saturated carbocycles. The fraction of sp³-hybridized carbons (Fsp3) is 0.538. The van der Waals surface area contributed by atoms with Crippen LogP contribution in [0.15, 0.2) is 24.3 Å². The van der Waals surface area contributed by atoms with Gasteiger partial charge in [-0.25, -0.2) is 4.72 Å². The van der Waals surface area contributed by atoms with Gasteiger partial charge in [-0.1, -0.05) is 38.1 Å². The molecule has 0 spiro atoms. The first-order valence-electron chi connectivity index (χ1n) is 6.34. The van der Waals surface area contributed by atoms with Gasteiger partial charge in [0.2, 0.25) is 0 Å². The summed E-state index contributed by atoms with van der Waals surface area (Å²) in [6.45, 7) is 5.09. The van der Waals surface area contributed by atoms with Gasteiger partial charge in [0.25, 0.3) is 10.2 Å². The van der Waals surface area contributed by atoms with Gasteiger partial charge in [-0.05, 0) is 17.0 Å². The van der Waals surface area contributed by atoms with E-state index in [0.717, 1.165) is 11.1 Å². The van der Waals surface area contributed by atoms with Crippen LogP contribution in [0.1, 0.15) is 25.0 Å². The van der Waals surface area contributed by atoms with Gasteiger partial charge in [0, 0.05) is 26.7 Å². The number of hydrogen-bond donors (Lipinski definition) is 2. The van der Waals surface area contributed by atoms with Crippen LogP contribution in [0.4, 0.5) is 0 Å². The maximum atomic E-state index is 12.0. The van der Waals surface area contributed by atoms with Gasteiger partial charge in [0.1, 0.15) is 0 Å². The summed E-state index contributed by atoms with van der Waals surface area (Å²) in [6, 6.07) is 7.60. The minimum atomic E-state index is -3.44. The van der Waals surface area contributed by atoms with E-state index in [4.69, 9.17) is 5.73 Å². The Hall–Kier alpha value is -0.950. The van der Waals surface area contributed by atoms with E-state index >= 15 is 0 Å². The first kappa shape index (κ1) is 16.1. The van der Waals surface area contributed by atoms with Crippen LogP contribution >= 0.6 is 0 Å². The van der Waals surface area contributed by atoms with Gasteiger partial charge < -0.3 is 5.73 Å². The zero-order valence-electron chi connectivity index (χ0n) is 11.8. The molecule has 0 fully saturated rings. The average Bonchev–Trinajstić information content (AvgIpc) is 2.37. The lowest BCUT2D eigenvalue weighted by molar-refractivity contribution is 0.448. The average molecular weight is 285 g/mol. The SMILES string of the molecule is CC(C)CNS(=O)(=O)N(C)Cc1ccccc1CN. The third-order valence-corrected chi connectivity index (χ3v) is 4.30. The first-order chi connectivity index (χ1) is 8.86. The van der Waals surface area contributed by atoms with Crippen molar-refractivity contribution in [2.24, 2.45) is 11.7 Å². The molecule has 1 aromatic rings. The Labute approximate surface area is 116 Å². The maximum absolute atomic E-state index is 12.0. The molecule has 0 heterocycles. The molecular formula is C13H23N3O2S. The predicted molar refractivity (Wildman–Crippen MR) is 77.6 cm³/mol. The Morgan fingerprint density at radius 2 is 1.84 bits per heavy atom. The van der Waals surface area contributed by atoms with Crippen molar-refractivity contribution in [3.8, 4) is 0 Å². The van der Waals surface area contributed by atoms with E-state index in [9.17, 15) is 8.42 Å². The maximum Gasteiger partial charge on any atom is 0.279 e. The largest absolute Gasteiger partial charge is 0.326 e. The Kier molecular flexibility index (Phi) is 5.93. The third kappa shape index (κ3) is 4.91. The Bertz CT molecular complexity index is 500. The van der Waals surface area contributed by atoms with Crippen LogP contribution in [0.25, 0.3) is 0 Å². The Morgan fingerprint density at radius 1 is 1.26 bits per heavy atom. The van der Waals surface area contributed by atoms with Gasteiger partial charge in [0.15, 0.2) is 0 Å². The highest BCUT2D eigenvalue weighted by Gasteiger charge is 2.18. The molecule has 0 unspecified atom stereocenters. The molecule has 19 heavy (non-hydrogen) atoms. The lowest BCUT2D eigenvalue weighted by Crippen LogP contribution is -2.39. The molecule has 3 N–H and O–H groups in total. The minimum Gasteiger partial charge on any atom is -0.326 e. The van der Waals surface area contributed by atoms with Gasteiger partial charge in [-0.3, -0.25) is 0 Å². The van der Waals surface area contributed by atoms with Crippen LogP contribution in [0, 0.1) is 5.92 Å². The van der Waals surface area contributed by atoms with Crippen LogP contribution in [-0.2, 0) is 23.3 Å². The Balaban J connectivity index is 2.75. The van der Waals surface area contributed by atoms with Crippen LogP contribution in [0.2, 0.25) is 0 Å². The predicted octanol–water partition coefficient (Wildman–Crippen LogP) is 1.07. The van der Waals surface area contributed by atoms with Crippen molar-refractivity contribution in [2.75, 3.05) is 13.6 Å². The molecule has 0 aliphatic heterocycles. The molecule has 6 heteroatoms. The van der Waals surface area contributed by atoms with E-state index < -0.39 is 10.2 Å². The molecule has 0 aromatic heterocycles. The molecule has 0 amide bonds. The summed E-state index contributed by atoms with van der Waals surface area (Å²) >= 11 is 0. The van der Waals surface area contributed by atoms with Gasteiger partial charge in [0.05, 0.1) is 0 Å². The fourth-order valence-electron chi connectivity index (χ4n) is 1.62. The molecule has 108 valence electrons. The summed E-state index contributed by atoms with van der Waals surface area (Å²) in [6.07, 6.45) is 0. The second-order valence-corrected chi connectivity index (χ2v) is 6.84. The zero-order chi connectivity index (χ0) is 14.5. The molecule has 0 saturated heterocycles. The molecule has 0 atom stereocenters. The normalized spacial score (nSPS) is 12.3. The number of nitrogens with zero attached hydrogens (tertiary/aromatic N) is 1. The fourth-order valence-corrected chi connectivity index (χ4v) is 2.69. The van der Waals surface area contributed by atoms with E-state index in [0.29, 0.717) is 19.6 Å². The lowest BCUT2D eigenvalue weighted by Gasteiger charge is -2.20. The zero-order valence-corrected chi connectivity index (χ0v) is 12.6. The smallest absolute Gasteiger partial charge is 0.279 e. The van der Waals surface area contributed by atoms with Gasteiger partial charge in [-0.2, -0.15) is 12.7 Å². The van der Waals surface area contributed by atoms with Crippen molar-refractivity contribution in [2.45, 2.75) is 26.9 Å². The summed E-state index contributed by atoms with van der Waals surface area (Å²) in [7, 11) is -1.87. The van der Waals surface area contributed by atoms with Gasteiger partial charge >= 0.3 is 0 Å². The monoisotopic (exact) mass is 285 g/mol. The van der Waals surface area contributed by atoms with Crippen molar-refractivity contribution in [1.82, 2.24) is 9.03 Å². The lowest BCUT2D eigenvalue weighted by atomic mass is 10.1. The molecule has 1 aromatic carbocycles. The van der Waals surface area contributed by atoms with Crippen LogP contribution in [0.5, 0.6) is 0 Å². The van der Waals surface area contributed by atoms with Crippen molar-refractivity contribution in [1.29, 1.82) is 0 Å². The van der Waals surface area contributed by atoms with Crippen molar-refractivity contribution in [3.05, 3.63) is 35.4 Å². The molecule has 0 radical (unpaired) electrons. The highest BCUT2D eigenvalue weighted by Crippen LogP contribution is 2.12. The van der Waals surface area contributed by atoms with E-state index in [1.807, 2.05) is 38.1 Å². The van der Waals surface area contributed by atoms with Crippen LogP contribution in [0.3, 0.4) is 0 Å². The molecule has 0 aliphatic rings. The summed E-state index contributed by atoms with van der Waals surface area (Å²) in [5, 5.41) is 0. The minimum absolute atomic E-state index is 0.277. The van der Waals surface area contributed by atoms with Crippen LogP contribution in [-0.4, -0.2) is 26.3 Å². The van der Waals surface area contributed by atoms with Crippen molar-refractivity contribution >= 4 is 10.2 Å². The number of nitrogens with two attached hydrogens (primary N) is 1. The number of nitrogens with one attached hydrogen (secondary N) is 1. The van der Waals surface area contributed by atoms with E-state index in [-0.39, 0.29) is 5.92 Å². The number of hydrogen-bond acceptors (Lipinski definition) is 3. The highest BCUT2D eigenvalue weighted by molar-refractivity contribution is 7.87. The van der Waals surface area contributed by atoms with Gasteiger partial charge in [-0.15, -0.1) is 0 Å². The van der Waals surface area contributed by atoms with E-state index in [1.54, 1.807) is 7.05 Å². The molecule has 0 bridgehead atoms. The Morgan fingerprint density at radius 3 is 2.37 bits per heavy atom. The summed E-state index contributed by atoms with van der Waals surface area (Å²) in [5.41, 5.74) is 7.55. The topological polar surface area (TPSA) is 75.4 Å². The number of benzene rings is 1. The molecule has 0 aliphatic carbocycles. The van der Waals surface area contributed by atoms with E-state index in [1.165, 1.54) is 4.31 Å².